The predicted octanol–water partition coefficient (Wildman–Crippen LogP) is 5.92. The smallest absolute Gasteiger partial charge is 0.251 e. The molecule has 3 rings (SSSR count). The van der Waals surface area contributed by atoms with Crippen LogP contribution in [0.1, 0.15) is 40.3 Å². The van der Waals surface area contributed by atoms with E-state index in [1.807, 2.05) is 83.1 Å². The first kappa shape index (κ1) is 18.7. The van der Waals surface area contributed by atoms with Crippen LogP contribution in [-0.2, 0) is 6.54 Å². The first-order chi connectivity index (χ1) is 12.6. The summed E-state index contributed by atoms with van der Waals surface area (Å²) in [7, 11) is 0. The van der Waals surface area contributed by atoms with E-state index in [1.165, 1.54) is 0 Å². The highest BCUT2D eigenvalue weighted by Crippen LogP contribution is 2.19. The lowest BCUT2D eigenvalue weighted by Gasteiger charge is -2.10. The van der Waals surface area contributed by atoms with Crippen LogP contribution >= 0.6 is 0 Å². The molecule has 0 amide bonds. The third kappa shape index (κ3) is 5.75. The molecule has 0 bridgehead atoms. The molecule has 132 valence electrons. The average Bonchev–Trinajstić information content (AvgIpc) is 2.69. The van der Waals surface area contributed by atoms with Crippen LogP contribution in [0.2, 0.25) is 0 Å². The standard InChI is InChI=1S/C19H17NO.2C2H6/c1-15-6-5-9-19(21)20(15)14-16-10-12-18(13-11-16)17-7-3-2-4-8-17;2*1-2/h2-13H,14H2,1H3;2*1-2H3/i7D;;. The van der Waals surface area contributed by atoms with Crippen molar-refractivity contribution in [2.24, 2.45) is 0 Å². The zero-order valence-corrected chi connectivity index (χ0v) is 15.9. The number of nitrogens with zero attached hydrogens (tertiary/aromatic N) is 1. The Hall–Kier alpha value is -2.61. The van der Waals surface area contributed by atoms with Crippen LogP contribution < -0.4 is 5.56 Å². The Balaban J connectivity index is 0.000000791. The lowest BCUT2D eigenvalue weighted by molar-refractivity contribution is 0.730. The van der Waals surface area contributed by atoms with E-state index < -0.39 is 0 Å². The van der Waals surface area contributed by atoms with Gasteiger partial charge in [-0.25, -0.2) is 0 Å². The molecule has 0 saturated heterocycles. The van der Waals surface area contributed by atoms with Crippen molar-refractivity contribution in [3.8, 4) is 11.1 Å². The molecule has 1 heterocycles. The number of hydrogen-bond donors (Lipinski definition) is 0. The van der Waals surface area contributed by atoms with Gasteiger partial charge in [-0.2, -0.15) is 0 Å². The molecular formula is C23H29NO. The Morgan fingerprint density at radius 3 is 2.08 bits per heavy atom. The van der Waals surface area contributed by atoms with Gasteiger partial charge in [0.1, 0.15) is 0 Å². The number of pyridine rings is 1. The maximum atomic E-state index is 11.9. The minimum Gasteiger partial charge on any atom is -0.309 e. The lowest BCUT2D eigenvalue weighted by Crippen LogP contribution is -2.21. The van der Waals surface area contributed by atoms with Gasteiger partial charge in [-0.05, 0) is 29.7 Å². The molecule has 0 aliphatic heterocycles. The van der Waals surface area contributed by atoms with Gasteiger partial charge in [0.2, 0.25) is 0 Å². The van der Waals surface area contributed by atoms with Gasteiger partial charge >= 0.3 is 0 Å². The van der Waals surface area contributed by atoms with E-state index in [0.29, 0.717) is 12.6 Å². The Bertz CT molecular complexity index is 851. The largest absolute Gasteiger partial charge is 0.309 e. The van der Waals surface area contributed by atoms with E-state index in [2.05, 4.69) is 0 Å². The van der Waals surface area contributed by atoms with Crippen molar-refractivity contribution in [3.05, 3.63) is 94.4 Å². The summed E-state index contributed by atoms with van der Waals surface area (Å²) >= 11 is 0. The molecule has 3 aromatic rings. The molecule has 0 atom stereocenters. The maximum absolute atomic E-state index is 11.9. The molecule has 0 spiro atoms. The Labute approximate surface area is 153 Å². The van der Waals surface area contributed by atoms with Crippen LogP contribution in [0, 0.1) is 6.92 Å². The van der Waals surface area contributed by atoms with E-state index in [9.17, 15) is 4.79 Å². The van der Waals surface area contributed by atoms with Crippen molar-refractivity contribution in [1.29, 1.82) is 0 Å². The van der Waals surface area contributed by atoms with Gasteiger partial charge in [-0.15, -0.1) is 0 Å². The molecule has 0 N–H and O–H groups in total. The molecule has 0 fully saturated rings. The van der Waals surface area contributed by atoms with Gasteiger partial charge in [0.15, 0.2) is 0 Å². The molecule has 0 radical (unpaired) electrons. The van der Waals surface area contributed by atoms with Crippen molar-refractivity contribution < 1.29 is 1.37 Å². The van der Waals surface area contributed by atoms with Crippen LogP contribution in [0.3, 0.4) is 0 Å². The van der Waals surface area contributed by atoms with Crippen LogP contribution in [0.15, 0.2) is 77.6 Å². The van der Waals surface area contributed by atoms with Crippen molar-refractivity contribution in [1.82, 2.24) is 4.57 Å². The molecule has 0 unspecified atom stereocenters. The fraction of sp³-hybridized carbons (Fsp3) is 0.261. The van der Waals surface area contributed by atoms with Gasteiger partial charge in [-0.1, -0.05) is 88.3 Å². The summed E-state index contributed by atoms with van der Waals surface area (Å²) in [5.41, 5.74) is 3.98. The fourth-order valence-corrected chi connectivity index (χ4v) is 2.37. The number of aromatic nitrogens is 1. The fourth-order valence-electron chi connectivity index (χ4n) is 2.37. The summed E-state index contributed by atoms with van der Waals surface area (Å²) in [6.07, 6.45) is 0. The summed E-state index contributed by atoms with van der Waals surface area (Å²) in [5.74, 6) is 0. The minimum absolute atomic E-state index is 0.0144. The summed E-state index contributed by atoms with van der Waals surface area (Å²) in [6, 6.07) is 21.4. The van der Waals surface area contributed by atoms with Crippen molar-refractivity contribution >= 4 is 0 Å². The third-order valence-corrected chi connectivity index (χ3v) is 3.58. The first-order valence-corrected chi connectivity index (χ1v) is 8.96. The van der Waals surface area contributed by atoms with Crippen molar-refractivity contribution in [2.45, 2.75) is 41.2 Å². The topological polar surface area (TPSA) is 22.0 Å². The molecular weight excluding hydrogens is 306 g/mol. The lowest BCUT2D eigenvalue weighted by atomic mass is 10.0. The molecule has 1 aromatic heterocycles. The molecule has 0 aliphatic carbocycles. The van der Waals surface area contributed by atoms with Crippen molar-refractivity contribution in [3.63, 3.8) is 0 Å². The summed E-state index contributed by atoms with van der Waals surface area (Å²) in [5, 5.41) is 0. The number of benzene rings is 2. The molecule has 0 aliphatic rings. The normalized spacial score (nSPS) is 9.88. The second kappa shape index (κ2) is 11.0. The highest BCUT2D eigenvalue weighted by molar-refractivity contribution is 5.63. The monoisotopic (exact) mass is 336 g/mol. The second-order valence-electron chi connectivity index (χ2n) is 5.06. The molecule has 25 heavy (non-hydrogen) atoms. The van der Waals surface area contributed by atoms with Crippen molar-refractivity contribution in [2.75, 3.05) is 0 Å². The third-order valence-electron chi connectivity index (χ3n) is 3.58. The van der Waals surface area contributed by atoms with Gasteiger partial charge in [0.05, 0.1) is 7.92 Å². The SMILES string of the molecule is CC.CC.[2H]c1ccccc1-c1ccc(Cn2c(C)cccc2=O)cc1. The van der Waals surface area contributed by atoms with Crippen LogP contribution in [0.4, 0.5) is 0 Å². The highest BCUT2D eigenvalue weighted by Gasteiger charge is 2.02. The Kier molecular flexibility index (Phi) is 8.26. The van der Waals surface area contributed by atoms with E-state index >= 15 is 0 Å². The minimum atomic E-state index is 0.0144. The van der Waals surface area contributed by atoms with Crippen LogP contribution in [0.5, 0.6) is 0 Å². The highest BCUT2D eigenvalue weighted by atomic mass is 16.1. The van der Waals surface area contributed by atoms with Gasteiger partial charge in [-0.3, -0.25) is 4.79 Å². The molecule has 2 heteroatoms. The summed E-state index contributed by atoms with van der Waals surface area (Å²) in [6.45, 7) is 10.5. The number of rotatable bonds is 3. The van der Waals surface area contributed by atoms with Gasteiger partial charge < -0.3 is 4.57 Å². The zero-order valence-electron chi connectivity index (χ0n) is 16.9. The number of hydrogen-bond acceptors (Lipinski definition) is 1. The Morgan fingerprint density at radius 2 is 1.48 bits per heavy atom. The molecule has 2 nitrogen and oxygen atoms in total. The van der Waals surface area contributed by atoms with E-state index in [0.717, 1.165) is 22.4 Å². The first-order valence-electron chi connectivity index (χ1n) is 9.46. The second-order valence-corrected chi connectivity index (χ2v) is 5.06. The van der Waals surface area contributed by atoms with E-state index in [1.54, 1.807) is 22.8 Å². The maximum Gasteiger partial charge on any atom is 0.251 e. The summed E-state index contributed by atoms with van der Waals surface area (Å²) in [4.78, 5) is 11.9. The van der Waals surface area contributed by atoms with Crippen LogP contribution in [0.25, 0.3) is 11.1 Å². The Morgan fingerprint density at radius 1 is 0.800 bits per heavy atom. The average molecular weight is 336 g/mol. The van der Waals surface area contributed by atoms with Gasteiger partial charge in [0.25, 0.3) is 5.56 Å². The van der Waals surface area contributed by atoms with Crippen LogP contribution in [-0.4, -0.2) is 4.57 Å². The van der Waals surface area contributed by atoms with E-state index in [-0.39, 0.29) is 5.56 Å². The van der Waals surface area contributed by atoms with E-state index in [4.69, 9.17) is 1.37 Å². The molecule has 0 saturated carbocycles. The summed E-state index contributed by atoms with van der Waals surface area (Å²) < 4.78 is 9.71. The quantitative estimate of drug-likeness (QED) is 0.581. The predicted molar refractivity (Wildman–Crippen MR) is 109 cm³/mol. The zero-order chi connectivity index (χ0) is 19.5. The number of aryl methyl sites for hydroxylation is 1. The van der Waals surface area contributed by atoms with Gasteiger partial charge in [0, 0.05) is 11.8 Å². The molecule has 2 aromatic carbocycles.